The Labute approximate surface area is 112 Å². The van der Waals surface area contributed by atoms with Gasteiger partial charge in [-0.2, -0.15) is 0 Å². The summed E-state index contributed by atoms with van der Waals surface area (Å²) in [7, 11) is 0. The molecule has 0 saturated carbocycles. The maximum atomic E-state index is 2.39. The molecule has 2 aromatic rings. The zero-order valence-corrected chi connectivity index (χ0v) is 11.1. The van der Waals surface area contributed by atoms with Crippen molar-refractivity contribution >= 4 is 23.1 Å². The number of nitrogens with zero attached hydrogens (tertiary/aromatic N) is 1. The Balaban J connectivity index is 2.00. The van der Waals surface area contributed by atoms with Gasteiger partial charge in [0.25, 0.3) is 0 Å². The Morgan fingerprint density at radius 2 is 1.50 bits per heavy atom. The van der Waals surface area contributed by atoms with E-state index >= 15 is 0 Å². The van der Waals surface area contributed by atoms with Crippen molar-refractivity contribution in [3.63, 3.8) is 0 Å². The number of anilines is 1. The Kier molecular flexibility index (Phi) is 3.11. The van der Waals surface area contributed by atoms with E-state index in [1.165, 1.54) is 16.9 Å². The fraction of sp³-hybridized carbons (Fsp3) is 0.125. The summed E-state index contributed by atoms with van der Waals surface area (Å²) in [4.78, 5) is 2.39. The highest BCUT2D eigenvalue weighted by molar-refractivity contribution is 8.03. The van der Waals surface area contributed by atoms with Gasteiger partial charge in [0.2, 0.25) is 0 Å². The molecular formula is C16H15NS. The number of para-hydroxylation sites is 1. The van der Waals surface area contributed by atoms with Crippen LogP contribution < -0.4 is 4.90 Å². The first-order valence-corrected chi connectivity index (χ1v) is 7.06. The summed E-state index contributed by atoms with van der Waals surface area (Å²) in [6.45, 7) is 2.24. The molecule has 1 heterocycles. The maximum absolute atomic E-state index is 2.39. The molecule has 2 aromatic carbocycles. The molecule has 90 valence electrons. The van der Waals surface area contributed by atoms with Crippen molar-refractivity contribution in [3.05, 3.63) is 71.6 Å². The molecule has 0 spiro atoms. The van der Waals surface area contributed by atoms with Gasteiger partial charge in [0.15, 0.2) is 0 Å². The van der Waals surface area contributed by atoms with Crippen LogP contribution in [0.25, 0.3) is 5.70 Å². The lowest BCUT2D eigenvalue weighted by atomic mass is 10.1. The number of thioether (sulfide) groups is 1. The second kappa shape index (κ2) is 4.91. The van der Waals surface area contributed by atoms with E-state index < -0.39 is 0 Å². The van der Waals surface area contributed by atoms with E-state index in [4.69, 9.17) is 0 Å². The molecule has 0 aliphatic carbocycles. The number of hydrogen-bond donors (Lipinski definition) is 0. The van der Waals surface area contributed by atoms with Crippen LogP contribution in [0.15, 0.2) is 66.1 Å². The Morgan fingerprint density at radius 3 is 2.17 bits per heavy atom. The fourth-order valence-electron chi connectivity index (χ4n) is 2.23. The van der Waals surface area contributed by atoms with E-state index in [9.17, 15) is 0 Å². The van der Waals surface area contributed by atoms with Gasteiger partial charge in [0.05, 0.1) is 11.1 Å². The highest BCUT2D eigenvalue weighted by atomic mass is 32.2. The van der Waals surface area contributed by atoms with Crippen LogP contribution in [0.2, 0.25) is 0 Å². The quantitative estimate of drug-likeness (QED) is 0.770. The number of rotatable bonds is 2. The lowest BCUT2D eigenvalue weighted by Gasteiger charge is -2.27. The summed E-state index contributed by atoms with van der Waals surface area (Å²) in [6.07, 6.45) is 0. The second-order valence-corrected chi connectivity index (χ2v) is 5.50. The van der Waals surface area contributed by atoms with Crippen LogP contribution in [-0.4, -0.2) is 5.37 Å². The van der Waals surface area contributed by atoms with Gasteiger partial charge in [0.1, 0.15) is 0 Å². The summed E-state index contributed by atoms with van der Waals surface area (Å²) in [5, 5.41) is 2.70. The monoisotopic (exact) mass is 253 g/mol. The smallest absolute Gasteiger partial charge is 0.0812 e. The molecular weight excluding hydrogens is 238 g/mol. The Bertz CT molecular complexity index is 548. The molecule has 1 aliphatic heterocycles. The standard InChI is InChI=1S/C16H15NS/c1-13-17(15-10-6-3-7-11-15)16(12-18-13)14-8-4-2-5-9-14/h2-13H,1H3. The van der Waals surface area contributed by atoms with Gasteiger partial charge in [-0.25, -0.2) is 0 Å². The van der Waals surface area contributed by atoms with Crippen LogP contribution in [0, 0.1) is 0 Å². The van der Waals surface area contributed by atoms with Crippen molar-refractivity contribution in [2.75, 3.05) is 4.90 Å². The van der Waals surface area contributed by atoms with Gasteiger partial charge in [-0.1, -0.05) is 48.5 Å². The fourth-order valence-corrected chi connectivity index (χ4v) is 3.16. The van der Waals surface area contributed by atoms with Crippen molar-refractivity contribution in [1.29, 1.82) is 0 Å². The third kappa shape index (κ3) is 2.04. The molecule has 1 unspecified atom stereocenters. The molecule has 0 amide bonds. The minimum Gasteiger partial charge on any atom is -0.328 e. The zero-order valence-electron chi connectivity index (χ0n) is 10.3. The second-order valence-electron chi connectivity index (χ2n) is 4.31. The van der Waals surface area contributed by atoms with E-state index in [1.807, 2.05) is 11.8 Å². The number of benzene rings is 2. The van der Waals surface area contributed by atoms with Gasteiger partial charge >= 0.3 is 0 Å². The average molecular weight is 253 g/mol. The molecule has 3 rings (SSSR count). The van der Waals surface area contributed by atoms with Gasteiger partial charge in [-0.05, 0) is 30.0 Å². The molecule has 0 fully saturated rings. The van der Waals surface area contributed by atoms with E-state index in [2.05, 4.69) is 77.9 Å². The van der Waals surface area contributed by atoms with Crippen LogP contribution in [0.3, 0.4) is 0 Å². The van der Waals surface area contributed by atoms with Crippen LogP contribution in [-0.2, 0) is 0 Å². The van der Waals surface area contributed by atoms with Crippen molar-refractivity contribution in [2.45, 2.75) is 12.3 Å². The molecule has 1 nitrogen and oxygen atoms in total. The SMILES string of the molecule is CC1SC=C(c2ccccc2)N1c1ccccc1. The predicted octanol–water partition coefficient (Wildman–Crippen LogP) is 4.58. The third-order valence-corrected chi connectivity index (χ3v) is 4.07. The molecule has 0 bridgehead atoms. The topological polar surface area (TPSA) is 3.24 Å². The van der Waals surface area contributed by atoms with Crippen LogP contribution in [0.4, 0.5) is 5.69 Å². The third-order valence-electron chi connectivity index (χ3n) is 3.10. The lowest BCUT2D eigenvalue weighted by Crippen LogP contribution is -2.24. The first-order valence-electron chi connectivity index (χ1n) is 6.11. The number of hydrogen-bond acceptors (Lipinski definition) is 2. The minimum atomic E-state index is 0.447. The molecule has 1 aliphatic rings. The highest BCUT2D eigenvalue weighted by Gasteiger charge is 2.25. The first-order chi connectivity index (χ1) is 8.86. The van der Waals surface area contributed by atoms with Gasteiger partial charge in [-0.15, -0.1) is 11.8 Å². The molecule has 0 radical (unpaired) electrons. The van der Waals surface area contributed by atoms with Crippen molar-refractivity contribution < 1.29 is 0 Å². The summed E-state index contributed by atoms with van der Waals surface area (Å²) in [6, 6.07) is 21.1. The molecule has 0 N–H and O–H groups in total. The largest absolute Gasteiger partial charge is 0.328 e. The molecule has 2 heteroatoms. The average Bonchev–Trinajstić information content (AvgIpc) is 2.83. The van der Waals surface area contributed by atoms with Crippen molar-refractivity contribution in [1.82, 2.24) is 0 Å². The van der Waals surface area contributed by atoms with E-state index in [1.54, 1.807) is 0 Å². The van der Waals surface area contributed by atoms with E-state index in [0.717, 1.165) is 0 Å². The van der Waals surface area contributed by atoms with Crippen LogP contribution in [0.5, 0.6) is 0 Å². The van der Waals surface area contributed by atoms with Crippen molar-refractivity contribution in [2.24, 2.45) is 0 Å². The maximum Gasteiger partial charge on any atom is 0.0812 e. The molecule has 0 saturated heterocycles. The summed E-state index contributed by atoms with van der Waals surface area (Å²) < 4.78 is 0. The van der Waals surface area contributed by atoms with Gasteiger partial charge in [-0.3, -0.25) is 0 Å². The summed E-state index contributed by atoms with van der Waals surface area (Å²) in [5.74, 6) is 0. The van der Waals surface area contributed by atoms with Gasteiger partial charge < -0.3 is 4.90 Å². The summed E-state index contributed by atoms with van der Waals surface area (Å²) >= 11 is 1.87. The zero-order chi connectivity index (χ0) is 12.4. The molecule has 18 heavy (non-hydrogen) atoms. The highest BCUT2D eigenvalue weighted by Crippen LogP contribution is 2.39. The van der Waals surface area contributed by atoms with Crippen LogP contribution >= 0.6 is 11.8 Å². The van der Waals surface area contributed by atoms with Gasteiger partial charge in [0, 0.05) is 5.69 Å². The predicted molar refractivity (Wildman–Crippen MR) is 80.4 cm³/mol. The normalized spacial score (nSPS) is 18.8. The Morgan fingerprint density at radius 1 is 0.889 bits per heavy atom. The lowest BCUT2D eigenvalue weighted by molar-refractivity contribution is 0.982. The van der Waals surface area contributed by atoms with Crippen molar-refractivity contribution in [3.8, 4) is 0 Å². The van der Waals surface area contributed by atoms with E-state index in [-0.39, 0.29) is 0 Å². The molecule has 0 aromatic heterocycles. The van der Waals surface area contributed by atoms with Crippen LogP contribution in [0.1, 0.15) is 12.5 Å². The first kappa shape index (κ1) is 11.4. The minimum absolute atomic E-state index is 0.447. The Hall–Kier alpha value is -1.67. The van der Waals surface area contributed by atoms with E-state index in [0.29, 0.717) is 5.37 Å². The molecule has 1 atom stereocenters. The summed E-state index contributed by atoms with van der Waals surface area (Å²) in [5.41, 5.74) is 3.82.